The summed E-state index contributed by atoms with van der Waals surface area (Å²) in [6.45, 7) is 11.0. The number of nitrogens with zero attached hydrogens (tertiary/aromatic N) is 1. The maximum Gasteiger partial charge on any atom is 0.230 e. The van der Waals surface area contributed by atoms with Gasteiger partial charge >= 0.3 is 0 Å². The van der Waals surface area contributed by atoms with Gasteiger partial charge in [0, 0.05) is 17.0 Å². The normalized spacial score (nSPS) is 12.6. The van der Waals surface area contributed by atoms with Gasteiger partial charge in [0.1, 0.15) is 0 Å². The minimum Gasteiger partial charge on any atom is -0.337 e. The van der Waals surface area contributed by atoms with Crippen LogP contribution in [-0.4, -0.2) is 22.9 Å². The molecule has 0 aliphatic rings. The van der Waals surface area contributed by atoms with Crippen LogP contribution in [0.25, 0.3) is 0 Å². The van der Waals surface area contributed by atoms with Crippen molar-refractivity contribution in [1.29, 1.82) is 0 Å². The lowest BCUT2D eigenvalue weighted by Gasteiger charge is -2.40. The summed E-state index contributed by atoms with van der Waals surface area (Å²) in [5.41, 5.74) is 5.02. The topological polar surface area (TPSA) is 46.3 Å². The molecule has 0 aliphatic heterocycles. The van der Waals surface area contributed by atoms with Crippen molar-refractivity contribution in [2.24, 2.45) is 11.1 Å². The Labute approximate surface area is 128 Å². The summed E-state index contributed by atoms with van der Waals surface area (Å²) in [6, 6.07) is 4.06. The molecule has 0 atom stereocenters. The average Bonchev–Trinajstić information content (AvgIpc) is 2.69. The molecule has 0 aromatic carbocycles. The minimum absolute atomic E-state index is 0.104. The number of hydrogen-bond donors (Lipinski definition) is 1. The van der Waals surface area contributed by atoms with E-state index in [1.807, 2.05) is 51.7 Å². The minimum atomic E-state index is -0.586. The number of halogens is 1. The summed E-state index contributed by atoms with van der Waals surface area (Å²) >= 11 is 5.11. The molecule has 0 radical (unpaired) electrons. The Morgan fingerprint density at radius 2 is 1.95 bits per heavy atom. The Hall–Kier alpha value is -0.390. The second-order valence-electron chi connectivity index (χ2n) is 5.87. The van der Waals surface area contributed by atoms with Crippen molar-refractivity contribution in [2.45, 2.75) is 46.7 Å². The molecule has 5 heteroatoms. The number of thiophene rings is 1. The first-order valence-electron chi connectivity index (χ1n) is 6.42. The van der Waals surface area contributed by atoms with Gasteiger partial charge in [-0.2, -0.15) is 0 Å². The lowest BCUT2D eigenvalue weighted by Crippen LogP contribution is -2.56. The maximum atomic E-state index is 12.7. The molecule has 108 valence electrons. The summed E-state index contributed by atoms with van der Waals surface area (Å²) in [6.07, 6.45) is 0. The Bertz CT molecular complexity index is 449. The standard InChI is InChI=1S/C14H23BrN2OS/c1-6-17(9-10-7-8-11(15)19-10)12(18)13(2,3)14(4,5)16/h7-8H,6,9,16H2,1-5H3. The van der Waals surface area contributed by atoms with Crippen LogP contribution in [0.2, 0.25) is 0 Å². The highest BCUT2D eigenvalue weighted by atomic mass is 79.9. The molecule has 0 saturated carbocycles. The molecule has 2 N–H and O–H groups in total. The molecule has 1 aromatic rings. The van der Waals surface area contributed by atoms with Gasteiger partial charge < -0.3 is 10.6 Å². The molecule has 1 heterocycles. The molecular weight excluding hydrogens is 324 g/mol. The molecule has 0 saturated heterocycles. The van der Waals surface area contributed by atoms with Gasteiger partial charge in [-0.25, -0.2) is 0 Å². The van der Waals surface area contributed by atoms with Gasteiger partial charge in [0.25, 0.3) is 0 Å². The summed E-state index contributed by atoms with van der Waals surface area (Å²) in [4.78, 5) is 15.7. The van der Waals surface area contributed by atoms with E-state index in [1.54, 1.807) is 11.3 Å². The number of carbonyl (C=O) groups is 1. The van der Waals surface area contributed by atoms with E-state index in [1.165, 1.54) is 4.88 Å². The van der Waals surface area contributed by atoms with E-state index < -0.39 is 11.0 Å². The second-order valence-corrected chi connectivity index (χ2v) is 8.42. The Kier molecular flexibility index (Phi) is 5.21. The van der Waals surface area contributed by atoms with Gasteiger partial charge in [-0.3, -0.25) is 4.79 Å². The summed E-state index contributed by atoms with van der Waals surface area (Å²) in [5, 5.41) is 0. The van der Waals surface area contributed by atoms with Crippen molar-refractivity contribution in [1.82, 2.24) is 4.90 Å². The third kappa shape index (κ3) is 3.80. The third-order valence-electron chi connectivity index (χ3n) is 3.79. The molecule has 1 aromatic heterocycles. The molecule has 3 nitrogen and oxygen atoms in total. The highest BCUT2D eigenvalue weighted by Crippen LogP contribution is 2.32. The predicted molar refractivity (Wildman–Crippen MR) is 85.2 cm³/mol. The molecule has 19 heavy (non-hydrogen) atoms. The van der Waals surface area contributed by atoms with Gasteiger partial charge in [-0.15, -0.1) is 11.3 Å². The van der Waals surface area contributed by atoms with Crippen LogP contribution in [0.5, 0.6) is 0 Å². The first-order valence-corrected chi connectivity index (χ1v) is 8.03. The van der Waals surface area contributed by atoms with Gasteiger partial charge in [0.15, 0.2) is 0 Å². The first kappa shape index (κ1) is 16.7. The molecule has 1 amide bonds. The van der Waals surface area contributed by atoms with Crippen LogP contribution < -0.4 is 5.73 Å². The van der Waals surface area contributed by atoms with Crippen LogP contribution >= 0.6 is 27.3 Å². The quantitative estimate of drug-likeness (QED) is 0.884. The first-order chi connectivity index (χ1) is 8.59. The highest BCUT2D eigenvalue weighted by Gasteiger charge is 2.42. The number of hydrogen-bond acceptors (Lipinski definition) is 3. The lowest BCUT2D eigenvalue weighted by atomic mass is 9.74. The van der Waals surface area contributed by atoms with Gasteiger partial charge in [0.05, 0.1) is 15.7 Å². The van der Waals surface area contributed by atoms with Crippen molar-refractivity contribution in [3.05, 3.63) is 20.8 Å². The van der Waals surface area contributed by atoms with E-state index in [4.69, 9.17) is 5.73 Å². The van der Waals surface area contributed by atoms with Crippen LogP contribution in [0.15, 0.2) is 15.9 Å². The molecule has 0 bridgehead atoms. The zero-order valence-electron chi connectivity index (χ0n) is 12.3. The number of carbonyl (C=O) groups excluding carboxylic acids is 1. The Balaban J connectivity index is 2.89. The van der Waals surface area contributed by atoms with Crippen LogP contribution in [0.1, 0.15) is 39.5 Å². The predicted octanol–water partition coefficient (Wildman–Crippen LogP) is 3.62. The van der Waals surface area contributed by atoms with Gasteiger partial charge in [-0.05, 0) is 62.7 Å². The zero-order chi connectivity index (χ0) is 14.8. The molecule has 0 unspecified atom stereocenters. The fraction of sp³-hybridized carbons (Fsp3) is 0.643. The van der Waals surface area contributed by atoms with E-state index in [2.05, 4.69) is 15.9 Å². The van der Waals surface area contributed by atoms with Crippen molar-refractivity contribution >= 4 is 33.2 Å². The van der Waals surface area contributed by atoms with Crippen molar-refractivity contribution in [2.75, 3.05) is 6.54 Å². The van der Waals surface area contributed by atoms with Gasteiger partial charge in [0.2, 0.25) is 5.91 Å². The van der Waals surface area contributed by atoms with E-state index >= 15 is 0 Å². The Morgan fingerprint density at radius 3 is 2.32 bits per heavy atom. The third-order valence-corrected chi connectivity index (χ3v) is 5.40. The number of nitrogens with two attached hydrogens (primary N) is 1. The molecule has 0 fully saturated rings. The fourth-order valence-electron chi connectivity index (χ4n) is 1.62. The molecule has 1 rings (SSSR count). The second kappa shape index (κ2) is 5.94. The average molecular weight is 347 g/mol. The Morgan fingerprint density at radius 1 is 1.37 bits per heavy atom. The largest absolute Gasteiger partial charge is 0.337 e. The molecule has 0 spiro atoms. The number of rotatable bonds is 5. The lowest BCUT2D eigenvalue weighted by molar-refractivity contribution is -0.143. The summed E-state index contributed by atoms with van der Waals surface area (Å²) in [5.74, 6) is 0.104. The van der Waals surface area contributed by atoms with Gasteiger partial charge in [-0.1, -0.05) is 0 Å². The van der Waals surface area contributed by atoms with E-state index in [0.29, 0.717) is 13.1 Å². The molecular formula is C14H23BrN2OS. The smallest absolute Gasteiger partial charge is 0.230 e. The SMILES string of the molecule is CCN(Cc1ccc(Br)s1)C(=O)C(C)(C)C(C)(C)N. The highest BCUT2D eigenvalue weighted by molar-refractivity contribution is 9.11. The maximum absolute atomic E-state index is 12.7. The monoisotopic (exact) mass is 346 g/mol. The zero-order valence-corrected chi connectivity index (χ0v) is 14.7. The van der Waals surface area contributed by atoms with E-state index in [0.717, 1.165) is 3.79 Å². The summed E-state index contributed by atoms with van der Waals surface area (Å²) < 4.78 is 1.09. The van der Waals surface area contributed by atoms with E-state index in [-0.39, 0.29) is 5.91 Å². The van der Waals surface area contributed by atoms with E-state index in [9.17, 15) is 4.79 Å². The fourth-order valence-corrected chi connectivity index (χ4v) is 3.12. The van der Waals surface area contributed by atoms with Crippen LogP contribution in [0.3, 0.4) is 0 Å². The summed E-state index contributed by atoms with van der Waals surface area (Å²) in [7, 11) is 0. The van der Waals surface area contributed by atoms with Crippen molar-refractivity contribution < 1.29 is 4.79 Å². The van der Waals surface area contributed by atoms with Crippen LogP contribution in [0.4, 0.5) is 0 Å². The van der Waals surface area contributed by atoms with Crippen molar-refractivity contribution in [3.8, 4) is 0 Å². The van der Waals surface area contributed by atoms with Crippen molar-refractivity contribution in [3.63, 3.8) is 0 Å². The molecule has 0 aliphatic carbocycles. The van der Waals surface area contributed by atoms with Crippen LogP contribution in [0, 0.1) is 5.41 Å². The number of amides is 1. The van der Waals surface area contributed by atoms with Crippen LogP contribution in [-0.2, 0) is 11.3 Å².